The first-order chi connectivity index (χ1) is 16.5. The lowest BCUT2D eigenvalue weighted by Crippen LogP contribution is -2.38. The van der Waals surface area contributed by atoms with Crippen molar-refractivity contribution in [3.8, 4) is 17.4 Å². The molecule has 0 saturated carbocycles. The Labute approximate surface area is 195 Å². The Kier molecular flexibility index (Phi) is 5.37. The fourth-order valence-corrected chi connectivity index (χ4v) is 4.42. The van der Waals surface area contributed by atoms with Crippen molar-refractivity contribution in [2.75, 3.05) is 11.4 Å². The summed E-state index contributed by atoms with van der Waals surface area (Å²) in [5, 5.41) is 0. The van der Waals surface area contributed by atoms with Crippen molar-refractivity contribution in [3.05, 3.63) is 64.1 Å². The van der Waals surface area contributed by atoms with E-state index >= 15 is 0 Å². The van der Waals surface area contributed by atoms with Gasteiger partial charge in [-0.3, -0.25) is 4.57 Å². The highest BCUT2D eigenvalue weighted by atomic mass is 19.4. The van der Waals surface area contributed by atoms with Crippen molar-refractivity contribution >= 4 is 5.82 Å². The lowest BCUT2D eigenvalue weighted by Gasteiger charge is -2.27. The topological polar surface area (TPSA) is 82.4 Å². The van der Waals surface area contributed by atoms with Crippen LogP contribution < -0.4 is 20.1 Å². The first-order valence-electron chi connectivity index (χ1n) is 10.6. The van der Waals surface area contributed by atoms with Gasteiger partial charge < -0.3 is 14.4 Å². The van der Waals surface area contributed by atoms with Crippen LogP contribution in [0.1, 0.15) is 31.2 Å². The average Bonchev–Trinajstić information content (AvgIpc) is 3.29. The maximum Gasteiger partial charge on any atom is 0.451 e. The Morgan fingerprint density at radius 2 is 1.80 bits per heavy atom. The fourth-order valence-electron chi connectivity index (χ4n) is 4.42. The van der Waals surface area contributed by atoms with Crippen LogP contribution in [-0.4, -0.2) is 31.6 Å². The highest BCUT2D eigenvalue weighted by molar-refractivity contribution is 5.50. The van der Waals surface area contributed by atoms with Crippen LogP contribution >= 0.6 is 0 Å². The molecule has 0 radical (unpaired) electrons. The Morgan fingerprint density at radius 3 is 2.46 bits per heavy atom. The van der Waals surface area contributed by atoms with Crippen LogP contribution in [0, 0.1) is 11.6 Å². The van der Waals surface area contributed by atoms with Crippen LogP contribution in [0.3, 0.4) is 0 Å². The monoisotopic (exact) mass is 495 g/mol. The van der Waals surface area contributed by atoms with Crippen LogP contribution in [0.25, 0.3) is 0 Å². The quantitative estimate of drug-likeness (QED) is 0.494. The number of rotatable bonds is 5. The van der Waals surface area contributed by atoms with E-state index in [9.17, 15) is 26.7 Å². The molecular weight excluding hydrogens is 477 g/mol. The van der Waals surface area contributed by atoms with E-state index in [1.165, 1.54) is 0 Å². The van der Waals surface area contributed by atoms with Crippen molar-refractivity contribution < 1.29 is 31.4 Å². The van der Waals surface area contributed by atoms with Gasteiger partial charge in [0.1, 0.15) is 12.4 Å². The molecule has 0 spiro atoms. The molecule has 0 bridgehead atoms. The molecule has 35 heavy (non-hydrogen) atoms. The third-order valence-corrected chi connectivity index (χ3v) is 6.04. The maximum absolute atomic E-state index is 14.5. The molecule has 0 aliphatic carbocycles. The number of benzene rings is 1. The Balaban J connectivity index is 1.30. The summed E-state index contributed by atoms with van der Waals surface area (Å²) >= 11 is 0. The number of hydrogen-bond acceptors (Lipinski definition) is 7. The summed E-state index contributed by atoms with van der Waals surface area (Å²) in [6.45, 7) is 3.14. The molecule has 184 valence electrons. The molecule has 8 nitrogen and oxygen atoms in total. The molecule has 2 aliphatic heterocycles. The normalized spacial score (nSPS) is 19.0. The molecule has 2 aromatic heterocycles. The van der Waals surface area contributed by atoms with Crippen LogP contribution in [-0.2, 0) is 19.3 Å². The Hall–Kier alpha value is -3.77. The largest absolute Gasteiger partial charge is 0.473 e. The minimum atomic E-state index is -4.76. The summed E-state index contributed by atoms with van der Waals surface area (Å²) < 4.78 is 78.8. The summed E-state index contributed by atoms with van der Waals surface area (Å²) in [5.74, 6) is -4.12. The van der Waals surface area contributed by atoms with Gasteiger partial charge in [0, 0.05) is 12.6 Å². The molecule has 1 fully saturated rings. The van der Waals surface area contributed by atoms with Gasteiger partial charge in [-0.1, -0.05) is 0 Å². The van der Waals surface area contributed by atoms with Gasteiger partial charge in [-0.2, -0.15) is 18.2 Å². The zero-order valence-electron chi connectivity index (χ0n) is 18.3. The summed E-state index contributed by atoms with van der Waals surface area (Å²) in [5.41, 5.74) is -0.524. The number of aromatic nitrogens is 4. The van der Waals surface area contributed by atoms with Gasteiger partial charge in [0.2, 0.25) is 11.7 Å². The zero-order valence-corrected chi connectivity index (χ0v) is 18.3. The zero-order chi connectivity index (χ0) is 25.0. The molecule has 3 aromatic rings. The first-order valence-corrected chi connectivity index (χ1v) is 10.6. The number of anilines is 1. The second kappa shape index (κ2) is 8.17. The van der Waals surface area contributed by atoms with E-state index in [0.29, 0.717) is 24.8 Å². The molecular formula is C22H18F5N5O3. The van der Waals surface area contributed by atoms with E-state index in [1.54, 1.807) is 10.6 Å². The lowest BCUT2D eigenvalue weighted by atomic mass is 10.0. The van der Waals surface area contributed by atoms with Gasteiger partial charge in [-0.05, 0) is 37.5 Å². The highest BCUT2D eigenvalue weighted by Gasteiger charge is 2.44. The van der Waals surface area contributed by atoms with Crippen LogP contribution in [0.5, 0.6) is 17.4 Å². The van der Waals surface area contributed by atoms with Crippen molar-refractivity contribution in [2.45, 2.75) is 44.6 Å². The third kappa shape index (κ3) is 4.26. The molecule has 1 unspecified atom stereocenters. The van der Waals surface area contributed by atoms with Crippen molar-refractivity contribution in [3.63, 3.8) is 0 Å². The number of nitrogens with zero attached hydrogens (tertiary/aromatic N) is 5. The number of hydrogen-bond donors (Lipinski definition) is 0. The van der Waals surface area contributed by atoms with Crippen LogP contribution in [0.15, 0.2) is 35.4 Å². The standard InChI is InChI=1S/C22H18F5N5O3/c1-21-3-2-4-32(21)17-7-16(30-20(33)31(17)11-21)34-10-12-5-14(23)18(15(24)6-12)35-13-8-28-19(29-9-13)22(25,26)27/h5-9H,2-4,10-11H2,1H3. The minimum Gasteiger partial charge on any atom is -0.473 e. The fraction of sp³-hybridized carbons (Fsp3) is 0.364. The van der Waals surface area contributed by atoms with E-state index in [1.807, 2.05) is 0 Å². The number of halogens is 5. The lowest BCUT2D eigenvalue weighted by molar-refractivity contribution is -0.145. The number of ether oxygens (including phenoxy) is 2. The summed E-state index contributed by atoms with van der Waals surface area (Å²) in [7, 11) is 0. The molecule has 13 heteroatoms. The molecule has 5 rings (SSSR count). The van der Waals surface area contributed by atoms with Gasteiger partial charge in [-0.25, -0.2) is 23.5 Å². The SMILES string of the molecule is CC12CCCN1c1cc(OCc3cc(F)c(Oc4cnc(C(F)(F)F)nc4)c(F)c3)nc(=O)n1C2. The average molecular weight is 495 g/mol. The van der Waals surface area contributed by atoms with Crippen LogP contribution in [0.2, 0.25) is 0 Å². The molecule has 1 saturated heterocycles. The predicted octanol–water partition coefficient (Wildman–Crippen LogP) is 4.07. The van der Waals surface area contributed by atoms with E-state index in [0.717, 1.165) is 31.5 Å². The molecule has 0 amide bonds. The third-order valence-electron chi connectivity index (χ3n) is 6.04. The molecule has 1 aromatic carbocycles. The van der Waals surface area contributed by atoms with E-state index < -0.39 is 35.1 Å². The van der Waals surface area contributed by atoms with Gasteiger partial charge in [0.05, 0.1) is 24.5 Å². The van der Waals surface area contributed by atoms with Gasteiger partial charge in [-0.15, -0.1) is 0 Å². The van der Waals surface area contributed by atoms with Crippen molar-refractivity contribution in [1.29, 1.82) is 0 Å². The van der Waals surface area contributed by atoms with Crippen molar-refractivity contribution in [2.24, 2.45) is 0 Å². The summed E-state index contributed by atoms with van der Waals surface area (Å²) in [6, 6.07) is 3.52. The van der Waals surface area contributed by atoms with Gasteiger partial charge in [0.25, 0.3) is 0 Å². The second-order valence-electron chi connectivity index (χ2n) is 8.59. The maximum atomic E-state index is 14.5. The molecule has 2 aliphatic rings. The first kappa shape index (κ1) is 23.0. The smallest absolute Gasteiger partial charge is 0.451 e. The summed E-state index contributed by atoms with van der Waals surface area (Å²) in [6.07, 6.45) is -1.47. The van der Waals surface area contributed by atoms with Gasteiger partial charge >= 0.3 is 11.9 Å². The molecule has 0 N–H and O–H groups in total. The highest BCUT2D eigenvalue weighted by Crippen LogP contribution is 2.41. The Bertz CT molecular complexity index is 1320. The Morgan fingerprint density at radius 1 is 1.11 bits per heavy atom. The molecule has 1 atom stereocenters. The predicted molar refractivity (Wildman–Crippen MR) is 111 cm³/mol. The van der Waals surface area contributed by atoms with Crippen LogP contribution in [0.4, 0.5) is 27.8 Å². The van der Waals surface area contributed by atoms with Gasteiger partial charge in [0.15, 0.2) is 23.1 Å². The van der Waals surface area contributed by atoms with E-state index in [2.05, 4.69) is 26.8 Å². The van der Waals surface area contributed by atoms with E-state index in [4.69, 9.17) is 9.47 Å². The van der Waals surface area contributed by atoms with E-state index in [-0.39, 0.29) is 29.3 Å². The number of alkyl halides is 3. The second-order valence-corrected chi connectivity index (χ2v) is 8.59. The number of fused-ring (bicyclic) bond motifs is 3. The summed E-state index contributed by atoms with van der Waals surface area (Å²) in [4.78, 5) is 24.7. The van der Waals surface area contributed by atoms with Crippen molar-refractivity contribution in [1.82, 2.24) is 19.5 Å². The molecule has 4 heterocycles. The minimum absolute atomic E-state index is 0.0282.